The molecule has 1 heterocycles. The molecule has 2 rings (SSSR count). The molecule has 76 valence electrons. The van der Waals surface area contributed by atoms with Crippen molar-refractivity contribution >= 4 is 23.4 Å². The Morgan fingerprint density at radius 1 is 1.36 bits per heavy atom. The Kier molecular flexibility index (Phi) is 3.65. The van der Waals surface area contributed by atoms with Crippen LogP contribution in [0.15, 0.2) is 17.4 Å². The van der Waals surface area contributed by atoms with Crippen LogP contribution >= 0.6 is 23.4 Å². The summed E-state index contributed by atoms with van der Waals surface area (Å²) in [6.07, 6.45) is 7.09. The molecule has 1 aliphatic rings. The zero-order valence-electron chi connectivity index (χ0n) is 7.95. The van der Waals surface area contributed by atoms with Gasteiger partial charge in [0.1, 0.15) is 16.5 Å². The molecule has 0 unspecified atom stereocenters. The fourth-order valence-corrected chi connectivity index (χ4v) is 3.04. The quantitative estimate of drug-likeness (QED) is 0.586. The Labute approximate surface area is 93.5 Å². The molecule has 4 heteroatoms. The van der Waals surface area contributed by atoms with Crippen molar-refractivity contribution in [3.05, 3.63) is 17.5 Å². The molecule has 2 nitrogen and oxygen atoms in total. The van der Waals surface area contributed by atoms with Gasteiger partial charge >= 0.3 is 0 Å². The number of aromatic nitrogens is 2. The van der Waals surface area contributed by atoms with Crippen LogP contribution in [0.25, 0.3) is 0 Å². The molecule has 0 atom stereocenters. The van der Waals surface area contributed by atoms with E-state index < -0.39 is 0 Å². The predicted molar refractivity (Wildman–Crippen MR) is 59.7 cm³/mol. The molecule has 0 saturated heterocycles. The van der Waals surface area contributed by atoms with Gasteiger partial charge in [-0.2, -0.15) is 0 Å². The molecule has 0 spiro atoms. The Morgan fingerprint density at radius 3 is 2.86 bits per heavy atom. The normalized spacial score (nSPS) is 17.5. The molecule has 1 aliphatic carbocycles. The molecule has 14 heavy (non-hydrogen) atoms. The largest absolute Gasteiger partial charge is 0.230 e. The van der Waals surface area contributed by atoms with Crippen molar-refractivity contribution in [2.45, 2.75) is 30.7 Å². The maximum Gasteiger partial charge on any atom is 0.133 e. The molecule has 1 fully saturated rings. The van der Waals surface area contributed by atoms with Crippen LogP contribution in [0.5, 0.6) is 0 Å². The number of hydrogen-bond acceptors (Lipinski definition) is 3. The minimum atomic E-state index is 0.536. The number of hydrogen-bond donors (Lipinski definition) is 0. The summed E-state index contributed by atoms with van der Waals surface area (Å²) in [5, 5.41) is 1.53. The molecule has 1 aromatic heterocycles. The minimum absolute atomic E-state index is 0.536. The smallest absolute Gasteiger partial charge is 0.133 e. The summed E-state index contributed by atoms with van der Waals surface area (Å²) >= 11 is 7.57. The Hall–Kier alpha value is -0.280. The van der Waals surface area contributed by atoms with E-state index in [2.05, 4.69) is 9.97 Å². The third-order valence-electron chi connectivity index (χ3n) is 2.55. The first-order chi connectivity index (χ1) is 6.84. The van der Waals surface area contributed by atoms with Gasteiger partial charge in [0.25, 0.3) is 0 Å². The van der Waals surface area contributed by atoms with E-state index >= 15 is 0 Å². The first-order valence-corrected chi connectivity index (χ1v) is 6.31. The lowest BCUT2D eigenvalue weighted by molar-refractivity contribution is 0.623. The summed E-state index contributed by atoms with van der Waals surface area (Å²) in [6.45, 7) is 0. The number of halogens is 1. The van der Waals surface area contributed by atoms with Gasteiger partial charge in [-0.15, -0.1) is 11.8 Å². The standard InChI is InChI=1S/C10H13ClN2S/c11-9-5-10(13-7-12-9)14-6-8-3-1-2-4-8/h5,7-8H,1-4,6H2. The molecule has 0 radical (unpaired) electrons. The molecular weight excluding hydrogens is 216 g/mol. The van der Waals surface area contributed by atoms with Gasteiger partial charge in [-0.1, -0.05) is 24.4 Å². The van der Waals surface area contributed by atoms with E-state index in [1.807, 2.05) is 6.07 Å². The van der Waals surface area contributed by atoms with Crippen LogP contribution in [0.2, 0.25) is 5.15 Å². The van der Waals surface area contributed by atoms with Gasteiger partial charge in [0.2, 0.25) is 0 Å². The fraction of sp³-hybridized carbons (Fsp3) is 0.600. The zero-order chi connectivity index (χ0) is 9.80. The van der Waals surface area contributed by atoms with E-state index in [4.69, 9.17) is 11.6 Å². The second-order valence-electron chi connectivity index (χ2n) is 3.64. The minimum Gasteiger partial charge on any atom is -0.230 e. The third-order valence-corrected chi connectivity index (χ3v) is 3.91. The lowest BCUT2D eigenvalue weighted by Crippen LogP contribution is -1.96. The molecule has 0 aromatic carbocycles. The lowest BCUT2D eigenvalue weighted by atomic mass is 10.1. The summed E-state index contributed by atoms with van der Waals surface area (Å²) in [5.41, 5.74) is 0. The molecule has 0 N–H and O–H groups in total. The lowest BCUT2D eigenvalue weighted by Gasteiger charge is -2.06. The first-order valence-electron chi connectivity index (χ1n) is 4.95. The molecule has 1 saturated carbocycles. The Bertz CT molecular complexity index is 300. The van der Waals surface area contributed by atoms with Crippen LogP contribution in [0, 0.1) is 5.92 Å². The summed E-state index contributed by atoms with van der Waals surface area (Å²) in [7, 11) is 0. The molecule has 0 amide bonds. The SMILES string of the molecule is Clc1cc(SCC2CCCC2)ncn1. The zero-order valence-corrected chi connectivity index (χ0v) is 9.52. The van der Waals surface area contributed by atoms with Crippen LogP contribution in [0.3, 0.4) is 0 Å². The van der Waals surface area contributed by atoms with Crippen molar-refractivity contribution in [1.82, 2.24) is 9.97 Å². The fourth-order valence-electron chi connectivity index (χ4n) is 1.78. The van der Waals surface area contributed by atoms with Gasteiger partial charge < -0.3 is 0 Å². The molecule has 1 aromatic rings. The van der Waals surface area contributed by atoms with E-state index in [1.54, 1.807) is 11.8 Å². The highest BCUT2D eigenvalue weighted by atomic mass is 35.5. The average Bonchev–Trinajstić information content (AvgIpc) is 2.67. The van der Waals surface area contributed by atoms with Crippen LogP contribution < -0.4 is 0 Å². The van der Waals surface area contributed by atoms with Crippen molar-refractivity contribution in [3.63, 3.8) is 0 Å². The van der Waals surface area contributed by atoms with E-state index in [9.17, 15) is 0 Å². The Balaban J connectivity index is 1.85. The maximum absolute atomic E-state index is 5.78. The van der Waals surface area contributed by atoms with Gasteiger partial charge in [0, 0.05) is 11.8 Å². The second-order valence-corrected chi connectivity index (χ2v) is 5.07. The maximum atomic E-state index is 5.78. The van der Waals surface area contributed by atoms with Gasteiger partial charge in [-0.3, -0.25) is 0 Å². The summed E-state index contributed by atoms with van der Waals surface area (Å²) in [5.74, 6) is 2.06. The molecule has 0 aliphatic heterocycles. The van der Waals surface area contributed by atoms with E-state index in [0.717, 1.165) is 10.9 Å². The van der Waals surface area contributed by atoms with Gasteiger partial charge in [-0.05, 0) is 18.8 Å². The molecular formula is C10H13ClN2S. The van der Waals surface area contributed by atoms with Crippen molar-refractivity contribution in [2.75, 3.05) is 5.75 Å². The second kappa shape index (κ2) is 4.99. The van der Waals surface area contributed by atoms with Crippen molar-refractivity contribution in [1.29, 1.82) is 0 Å². The van der Waals surface area contributed by atoms with Crippen LogP contribution in [-0.2, 0) is 0 Å². The summed E-state index contributed by atoms with van der Waals surface area (Å²) in [4.78, 5) is 8.03. The highest BCUT2D eigenvalue weighted by Crippen LogP contribution is 2.30. The summed E-state index contributed by atoms with van der Waals surface area (Å²) in [6, 6.07) is 1.83. The van der Waals surface area contributed by atoms with E-state index in [0.29, 0.717) is 5.15 Å². The average molecular weight is 229 g/mol. The predicted octanol–water partition coefficient (Wildman–Crippen LogP) is 3.41. The van der Waals surface area contributed by atoms with Crippen LogP contribution in [0.1, 0.15) is 25.7 Å². The number of rotatable bonds is 3. The first kappa shape index (κ1) is 10.2. The van der Waals surface area contributed by atoms with Crippen molar-refractivity contribution < 1.29 is 0 Å². The monoisotopic (exact) mass is 228 g/mol. The number of thioether (sulfide) groups is 1. The van der Waals surface area contributed by atoms with Crippen LogP contribution in [-0.4, -0.2) is 15.7 Å². The highest BCUT2D eigenvalue weighted by molar-refractivity contribution is 7.99. The Morgan fingerprint density at radius 2 is 2.14 bits per heavy atom. The topological polar surface area (TPSA) is 25.8 Å². The van der Waals surface area contributed by atoms with Crippen molar-refractivity contribution in [3.8, 4) is 0 Å². The third kappa shape index (κ3) is 2.85. The van der Waals surface area contributed by atoms with Gasteiger partial charge in [-0.25, -0.2) is 9.97 Å². The van der Waals surface area contributed by atoms with Crippen molar-refractivity contribution in [2.24, 2.45) is 5.92 Å². The molecule has 0 bridgehead atoms. The van der Waals surface area contributed by atoms with Gasteiger partial charge in [0.15, 0.2) is 0 Å². The highest BCUT2D eigenvalue weighted by Gasteiger charge is 2.15. The summed E-state index contributed by atoms with van der Waals surface area (Å²) < 4.78 is 0. The van der Waals surface area contributed by atoms with E-state index in [1.165, 1.54) is 37.8 Å². The number of nitrogens with zero attached hydrogens (tertiary/aromatic N) is 2. The van der Waals surface area contributed by atoms with Gasteiger partial charge in [0.05, 0.1) is 0 Å². The van der Waals surface area contributed by atoms with Crippen LogP contribution in [0.4, 0.5) is 0 Å². The van der Waals surface area contributed by atoms with E-state index in [-0.39, 0.29) is 0 Å².